The zero-order valence-electron chi connectivity index (χ0n) is 24.0. The number of rotatable bonds is 9. The Kier molecular flexibility index (Phi) is 8.90. The molecule has 6 rings (SSSR count). The summed E-state index contributed by atoms with van der Waals surface area (Å²) < 4.78 is 34.9. The van der Waals surface area contributed by atoms with E-state index in [1.807, 2.05) is 42.5 Å². The lowest BCUT2D eigenvalue weighted by Crippen LogP contribution is -2.48. The maximum atomic E-state index is 13.7. The van der Waals surface area contributed by atoms with E-state index in [0.29, 0.717) is 42.3 Å². The number of piperazine rings is 1. The van der Waals surface area contributed by atoms with Gasteiger partial charge in [0.2, 0.25) is 15.9 Å². The van der Waals surface area contributed by atoms with Gasteiger partial charge in [-0.2, -0.15) is 4.31 Å². The summed E-state index contributed by atoms with van der Waals surface area (Å²) >= 11 is 7.56. The highest BCUT2D eigenvalue weighted by molar-refractivity contribution is 7.89. The summed E-state index contributed by atoms with van der Waals surface area (Å²) in [6, 6.07) is 20.2. The van der Waals surface area contributed by atoms with E-state index in [1.54, 1.807) is 31.4 Å². The minimum atomic E-state index is -3.67. The number of benzene rings is 3. The van der Waals surface area contributed by atoms with Crippen molar-refractivity contribution in [1.82, 2.24) is 9.29 Å². The Hall–Kier alpha value is -3.18. The van der Waals surface area contributed by atoms with Crippen molar-refractivity contribution in [2.24, 2.45) is 5.92 Å². The molecule has 8 nitrogen and oxygen atoms in total. The second-order valence-electron chi connectivity index (χ2n) is 11.2. The SMILES string of the molecule is COc1ccc2nc(NC(=O)C(CC3CCCC3)c3ccc(S(=O)(=O)N4CCN(c5cccc(Cl)c5)CC4)cc3)sc2c1. The van der Waals surface area contributed by atoms with Crippen molar-refractivity contribution in [2.45, 2.75) is 42.9 Å². The molecule has 1 aliphatic carbocycles. The molecule has 1 atom stereocenters. The fourth-order valence-electron chi connectivity index (χ4n) is 6.13. The number of carbonyl (C=O) groups is 1. The summed E-state index contributed by atoms with van der Waals surface area (Å²) in [4.78, 5) is 20.7. The third kappa shape index (κ3) is 6.67. The molecule has 2 aliphatic rings. The van der Waals surface area contributed by atoms with E-state index in [2.05, 4.69) is 15.2 Å². The van der Waals surface area contributed by atoms with Crippen LogP contribution in [0, 0.1) is 5.92 Å². The van der Waals surface area contributed by atoms with Gasteiger partial charge < -0.3 is 15.0 Å². The van der Waals surface area contributed by atoms with Gasteiger partial charge in [-0.25, -0.2) is 13.4 Å². The Morgan fingerprint density at radius 2 is 1.79 bits per heavy atom. The lowest BCUT2D eigenvalue weighted by atomic mass is 9.87. The number of aromatic nitrogens is 1. The van der Waals surface area contributed by atoms with Crippen molar-refractivity contribution < 1.29 is 17.9 Å². The molecule has 2 fully saturated rings. The van der Waals surface area contributed by atoms with Gasteiger partial charge >= 0.3 is 0 Å². The van der Waals surface area contributed by atoms with E-state index in [4.69, 9.17) is 16.3 Å². The van der Waals surface area contributed by atoms with Crippen LogP contribution in [0.15, 0.2) is 71.6 Å². The number of sulfonamides is 1. The van der Waals surface area contributed by atoms with Crippen molar-refractivity contribution in [3.05, 3.63) is 77.3 Å². The number of methoxy groups -OCH3 is 1. The fraction of sp³-hybridized carbons (Fsp3) is 0.375. The van der Waals surface area contributed by atoms with Crippen LogP contribution in [0.3, 0.4) is 0 Å². The molecule has 0 bridgehead atoms. The van der Waals surface area contributed by atoms with Gasteiger partial charge in [0.15, 0.2) is 5.13 Å². The first-order valence-corrected chi connectivity index (χ1v) is 17.3. The van der Waals surface area contributed by atoms with Gasteiger partial charge in [-0.05, 0) is 66.4 Å². The molecular weight excluding hydrogens is 604 g/mol. The Balaban J connectivity index is 1.17. The van der Waals surface area contributed by atoms with Gasteiger partial charge in [-0.3, -0.25) is 4.79 Å². The maximum Gasteiger partial charge on any atom is 0.243 e. The molecule has 1 amide bonds. The van der Waals surface area contributed by atoms with Crippen LogP contribution in [0.1, 0.15) is 43.6 Å². The van der Waals surface area contributed by atoms with Crippen LogP contribution in [0.25, 0.3) is 10.2 Å². The van der Waals surface area contributed by atoms with Crippen LogP contribution in [0.4, 0.5) is 10.8 Å². The van der Waals surface area contributed by atoms with Gasteiger partial charge in [0.05, 0.1) is 28.1 Å². The molecule has 43 heavy (non-hydrogen) atoms. The van der Waals surface area contributed by atoms with Crippen LogP contribution < -0.4 is 15.0 Å². The molecule has 1 aromatic heterocycles. The summed E-state index contributed by atoms with van der Waals surface area (Å²) in [5.41, 5.74) is 2.61. The maximum absolute atomic E-state index is 13.7. The second kappa shape index (κ2) is 12.8. The van der Waals surface area contributed by atoms with Crippen molar-refractivity contribution >= 4 is 59.9 Å². The highest BCUT2D eigenvalue weighted by Crippen LogP contribution is 2.36. The van der Waals surface area contributed by atoms with Gasteiger partial charge in [0, 0.05) is 36.9 Å². The molecule has 4 aromatic rings. The summed E-state index contributed by atoms with van der Waals surface area (Å²) in [6.45, 7) is 1.94. The average molecular weight is 639 g/mol. The molecule has 2 heterocycles. The highest BCUT2D eigenvalue weighted by Gasteiger charge is 2.31. The number of carbonyl (C=O) groups excluding carboxylic acids is 1. The van der Waals surface area contributed by atoms with Gasteiger partial charge in [0.1, 0.15) is 5.75 Å². The zero-order chi connectivity index (χ0) is 30.0. The minimum absolute atomic E-state index is 0.120. The van der Waals surface area contributed by atoms with Crippen LogP contribution >= 0.6 is 22.9 Å². The van der Waals surface area contributed by atoms with Crippen LogP contribution in [-0.4, -0.2) is 56.9 Å². The molecule has 0 radical (unpaired) electrons. The highest BCUT2D eigenvalue weighted by atomic mass is 35.5. The Labute approximate surface area is 261 Å². The van der Waals surface area contributed by atoms with E-state index in [9.17, 15) is 13.2 Å². The normalized spacial score (nSPS) is 17.3. The van der Waals surface area contributed by atoms with Crippen molar-refractivity contribution in [2.75, 3.05) is 43.5 Å². The van der Waals surface area contributed by atoms with Crippen molar-refractivity contribution in [3.8, 4) is 5.75 Å². The third-order valence-corrected chi connectivity index (χ3v) is 11.6. The number of ether oxygens (including phenoxy) is 1. The minimum Gasteiger partial charge on any atom is -0.497 e. The molecule has 1 saturated heterocycles. The Morgan fingerprint density at radius 1 is 1.05 bits per heavy atom. The molecule has 1 saturated carbocycles. The van der Waals surface area contributed by atoms with E-state index in [1.165, 1.54) is 28.5 Å². The lowest BCUT2D eigenvalue weighted by Gasteiger charge is -2.35. The number of thiazole rings is 1. The van der Waals surface area contributed by atoms with Gasteiger partial charge in [0.25, 0.3) is 0 Å². The summed E-state index contributed by atoms with van der Waals surface area (Å²) in [6.07, 6.45) is 5.31. The number of hydrogen-bond donors (Lipinski definition) is 1. The topological polar surface area (TPSA) is 91.8 Å². The van der Waals surface area contributed by atoms with E-state index in [0.717, 1.165) is 46.5 Å². The average Bonchev–Trinajstić information content (AvgIpc) is 3.69. The molecule has 1 N–H and O–H groups in total. The summed E-state index contributed by atoms with van der Waals surface area (Å²) in [5.74, 6) is 0.689. The number of nitrogens with zero attached hydrogens (tertiary/aromatic N) is 3. The molecule has 226 valence electrons. The number of hydrogen-bond acceptors (Lipinski definition) is 7. The first-order chi connectivity index (χ1) is 20.8. The lowest BCUT2D eigenvalue weighted by molar-refractivity contribution is -0.118. The quantitative estimate of drug-likeness (QED) is 0.218. The number of anilines is 2. The fourth-order valence-corrected chi connectivity index (χ4v) is 8.64. The van der Waals surface area contributed by atoms with Crippen LogP contribution in [-0.2, 0) is 14.8 Å². The molecule has 1 unspecified atom stereocenters. The van der Waals surface area contributed by atoms with E-state index >= 15 is 0 Å². The number of amides is 1. The predicted molar refractivity (Wildman–Crippen MR) is 173 cm³/mol. The van der Waals surface area contributed by atoms with E-state index < -0.39 is 15.9 Å². The number of nitrogens with one attached hydrogen (secondary N) is 1. The Bertz CT molecular complexity index is 1700. The monoisotopic (exact) mass is 638 g/mol. The van der Waals surface area contributed by atoms with Crippen molar-refractivity contribution in [3.63, 3.8) is 0 Å². The predicted octanol–water partition coefficient (Wildman–Crippen LogP) is 6.77. The molecule has 11 heteroatoms. The summed E-state index contributed by atoms with van der Waals surface area (Å²) in [7, 11) is -2.05. The molecular formula is C32H35ClN4O4S2. The third-order valence-electron chi connectivity index (χ3n) is 8.52. The molecule has 1 aliphatic heterocycles. The van der Waals surface area contributed by atoms with Crippen molar-refractivity contribution in [1.29, 1.82) is 0 Å². The first kappa shape index (κ1) is 29.9. The van der Waals surface area contributed by atoms with E-state index in [-0.39, 0.29) is 10.8 Å². The first-order valence-electron chi connectivity index (χ1n) is 14.7. The smallest absolute Gasteiger partial charge is 0.243 e. The summed E-state index contributed by atoms with van der Waals surface area (Å²) in [5, 5.41) is 4.25. The second-order valence-corrected chi connectivity index (χ2v) is 14.6. The molecule has 0 spiro atoms. The largest absolute Gasteiger partial charge is 0.497 e. The Morgan fingerprint density at radius 3 is 2.49 bits per heavy atom. The number of fused-ring (bicyclic) bond motifs is 1. The standard InChI is InChI=1S/C32H35ClN4O4S2/c1-41-26-11-14-29-30(21-26)42-32(34-29)35-31(38)28(19-22-5-2-3-6-22)23-9-12-27(13-10-23)43(39,40)37-17-15-36(16-18-37)25-8-4-7-24(33)20-25/h4,7-14,20-22,28H,2-3,5-6,15-19H2,1H3,(H,34,35,38). The van der Waals surface area contributed by atoms with Crippen LogP contribution in [0.2, 0.25) is 5.02 Å². The number of halogens is 1. The molecule has 3 aromatic carbocycles. The van der Waals surface area contributed by atoms with Gasteiger partial charge in [-0.1, -0.05) is 66.8 Å². The van der Waals surface area contributed by atoms with Crippen LogP contribution in [0.5, 0.6) is 5.75 Å². The van der Waals surface area contributed by atoms with Gasteiger partial charge in [-0.15, -0.1) is 0 Å². The zero-order valence-corrected chi connectivity index (χ0v) is 26.4.